The SMILES string of the molecule is O=S(=O)(Cc1cccc2cccnc12)N1CCC[C@@H](c2n[nH]c(C3CC3)n2)C1. The van der Waals surface area contributed by atoms with Crippen molar-refractivity contribution in [2.75, 3.05) is 13.1 Å². The summed E-state index contributed by atoms with van der Waals surface area (Å²) in [6.07, 6.45) is 5.78. The first-order chi connectivity index (χ1) is 13.6. The van der Waals surface area contributed by atoms with Crippen LogP contribution in [-0.4, -0.2) is 46.0 Å². The zero-order chi connectivity index (χ0) is 19.1. The molecule has 1 saturated carbocycles. The summed E-state index contributed by atoms with van der Waals surface area (Å²) in [7, 11) is -3.44. The number of sulfonamides is 1. The lowest BCUT2D eigenvalue weighted by Gasteiger charge is -2.30. The van der Waals surface area contributed by atoms with Crippen LogP contribution in [0, 0.1) is 0 Å². The van der Waals surface area contributed by atoms with E-state index in [-0.39, 0.29) is 11.7 Å². The van der Waals surface area contributed by atoms with Crippen LogP contribution in [0.2, 0.25) is 0 Å². The molecule has 0 amide bonds. The molecule has 1 saturated heterocycles. The molecule has 5 rings (SSSR count). The monoisotopic (exact) mass is 397 g/mol. The molecule has 3 heterocycles. The van der Waals surface area contributed by atoms with E-state index in [1.54, 1.807) is 10.5 Å². The molecule has 1 N–H and O–H groups in total. The number of H-pyrrole nitrogens is 1. The molecule has 1 aliphatic heterocycles. The van der Waals surface area contributed by atoms with Crippen molar-refractivity contribution >= 4 is 20.9 Å². The number of hydrogen-bond donors (Lipinski definition) is 1. The fourth-order valence-corrected chi connectivity index (χ4v) is 5.61. The Labute approximate surface area is 164 Å². The average Bonchev–Trinajstić information content (AvgIpc) is 3.45. The minimum atomic E-state index is -3.44. The summed E-state index contributed by atoms with van der Waals surface area (Å²) in [5.41, 5.74) is 1.50. The largest absolute Gasteiger partial charge is 0.263 e. The Bertz CT molecular complexity index is 1100. The van der Waals surface area contributed by atoms with Crippen molar-refractivity contribution < 1.29 is 8.42 Å². The van der Waals surface area contributed by atoms with E-state index < -0.39 is 10.0 Å². The van der Waals surface area contributed by atoms with Gasteiger partial charge in [0, 0.05) is 36.5 Å². The average molecular weight is 398 g/mol. The van der Waals surface area contributed by atoms with Gasteiger partial charge in [0.15, 0.2) is 5.82 Å². The predicted octanol–water partition coefficient (Wildman–Crippen LogP) is 2.94. The van der Waals surface area contributed by atoms with Gasteiger partial charge in [-0.1, -0.05) is 24.3 Å². The standard InChI is InChI=1S/C20H23N5O2S/c26-28(27,13-17-5-1-4-14-6-2-10-21-18(14)17)25-11-3-7-16(12-25)20-22-19(23-24-20)15-8-9-15/h1-2,4-6,10,15-16H,3,7-9,11-13H2,(H,22,23,24)/t16-/m1/s1. The zero-order valence-electron chi connectivity index (χ0n) is 15.6. The van der Waals surface area contributed by atoms with Crippen LogP contribution in [0.15, 0.2) is 36.5 Å². The Kier molecular flexibility index (Phi) is 4.40. The van der Waals surface area contributed by atoms with Gasteiger partial charge in [0.2, 0.25) is 10.0 Å². The number of nitrogens with one attached hydrogen (secondary N) is 1. The summed E-state index contributed by atoms with van der Waals surface area (Å²) in [6.45, 7) is 0.999. The lowest BCUT2D eigenvalue weighted by molar-refractivity contribution is 0.309. The lowest BCUT2D eigenvalue weighted by atomic mass is 9.99. The molecule has 1 atom stereocenters. The van der Waals surface area contributed by atoms with Gasteiger partial charge in [0.05, 0.1) is 11.3 Å². The molecule has 2 aromatic heterocycles. The van der Waals surface area contributed by atoms with Crippen molar-refractivity contribution in [3.05, 3.63) is 53.7 Å². The highest BCUT2D eigenvalue weighted by Crippen LogP contribution is 2.38. The van der Waals surface area contributed by atoms with Gasteiger partial charge in [-0.3, -0.25) is 10.1 Å². The molecule has 0 unspecified atom stereocenters. The minimum absolute atomic E-state index is 0.0323. The van der Waals surface area contributed by atoms with E-state index >= 15 is 0 Å². The molecule has 1 aromatic carbocycles. The van der Waals surface area contributed by atoms with Crippen molar-refractivity contribution in [1.82, 2.24) is 24.5 Å². The van der Waals surface area contributed by atoms with Crippen LogP contribution in [0.25, 0.3) is 10.9 Å². The van der Waals surface area contributed by atoms with Gasteiger partial charge in [-0.25, -0.2) is 17.7 Å². The van der Waals surface area contributed by atoms with Gasteiger partial charge in [0.1, 0.15) is 5.82 Å². The van der Waals surface area contributed by atoms with Crippen LogP contribution in [0.3, 0.4) is 0 Å². The van der Waals surface area contributed by atoms with Crippen LogP contribution in [0.4, 0.5) is 0 Å². The first kappa shape index (κ1) is 17.8. The van der Waals surface area contributed by atoms with Crippen molar-refractivity contribution in [2.24, 2.45) is 0 Å². The number of nitrogens with zero attached hydrogens (tertiary/aromatic N) is 4. The number of para-hydroxylation sites is 1. The molecular weight excluding hydrogens is 374 g/mol. The maximum atomic E-state index is 13.1. The minimum Gasteiger partial charge on any atom is -0.263 e. The van der Waals surface area contributed by atoms with Crippen LogP contribution in [0.5, 0.6) is 0 Å². The summed E-state index contributed by atoms with van der Waals surface area (Å²) in [6, 6.07) is 9.52. The number of aromatic nitrogens is 4. The molecule has 2 fully saturated rings. The third-order valence-corrected chi connectivity index (χ3v) is 7.48. The summed E-state index contributed by atoms with van der Waals surface area (Å²) in [5, 5.41) is 8.37. The molecule has 28 heavy (non-hydrogen) atoms. The number of aromatic amines is 1. The van der Waals surface area contributed by atoms with E-state index in [4.69, 9.17) is 0 Å². The molecule has 3 aromatic rings. The van der Waals surface area contributed by atoms with E-state index in [2.05, 4.69) is 20.2 Å². The Morgan fingerprint density at radius 2 is 1.96 bits per heavy atom. The van der Waals surface area contributed by atoms with Crippen molar-refractivity contribution in [3.8, 4) is 0 Å². The third-order valence-electron chi connectivity index (χ3n) is 5.68. The normalized spacial score (nSPS) is 21.2. The Morgan fingerprint density at radius 3 is 2.82 bits per heavy atom. The molecule has 0 radical (unpaired) electrons. The summed E-state index contributed by atoms with van der Waals surface area (Å²) >= 11 is 0. The number of hydrogen-bond acceptors (Lipinski definition) is 5. The molecule has 2 aliphatic rings. The molecule has 146 valence electrons. The van der Waals surface area contributed by atoms with Gasteiger partial charge in [-0.2, -0.15) is 5.10 Å². The fraction of sp³-hybridized carbons (Fsp3) is 0.450. The Balaban J connectivity index is 1.36. The molecule has 0 bridgehead atoms. The van der Waals surface area contributed by atoms with Gasteiger partial charge in [-0.15, -0.1) is 0 Å². The molecule has 8 heteroatoms. The number of pyridine rings is 1. The van der Waals surface area contributed by atoms with Crippen molar-refractivity contribution in [3.63, 3.8) is 0 Å². The van der Waals surface area contributed by atoms with Crippen LogP contribution in [-0.2, 0) is 15.8 Å². The van der Waals surface area contributed by atoms with E-state index in [1.807, 2.05) is 30.3 Å². The Hall–Kier alpha value is -2.32. The number of piperidine rings is 1. The van der Waals surface area contributed by atoms with E-state index in [9.17, 15) is 8.42 Å². The first-order valence-electron chi connectivity index (χ1n) is 9.83. The topological polar surface area (TPSA) is 91.8 Å². The zero-order valence-corrected chi connectivity index (χ0v) is 16.4. The van der Waals surface area contributed by atoms with Gasteiger partial charge in [0.25, 0.3) is 0 Å². The molecule has 1 aliphatic carbocycles. The van der Waals surface area contributed by atoms with Gasteiger partial charge >= 0.3 is 0 Å². The number of benzene rings is 1. The highest BCUT2D eigenvalue weighted by molar-refractivity contribution is 7.88. The van der Waals surface area contributed by atoms with E-state index in [1.165, 1.54) is 12.8 Å². The van der Waals surface area contributed by atoms with Crippen LogP contribution >= 0.6 is 0 Å². The second kappa shape index (κ2) is 6.93. The van der Waals surface area contributed by atoms with Crippen molar-refractivity contribution in [1.29, 1.82) is 0 Å². The smallest absolute Gasteiger partial charge is 0.218 e. The Morgan fingerprint density at radius 1 is 1.11 bits per heavy atom. The second-order valence-electron chi connectivity index (χ2n) is 7.80. The predicted molar refractivity (Wildman–Crippen MR) is 106 cm³/mol. The molecular formula is C20H23N5O2S. The maximum Gasteiger partial charge on any atom is 0.218 e. The number of fused-ring (bicyclic) bond motifs is 1. The molecule has 7 nitrogen and oxygen atoms in total. The third kappa shape index (κ3) is 3.42. The van der Waals surface area contributed by atoms with Crippen molar-refractivity contribution in [2.45, 2.75) is 43.3 Å². The quantitative estimate of drug-likeness (QED) is 0.715. The number of rotatable bonds is 5. The van der Waals surface area contributed by atoms with Gasteiger partial charge < -0.3 is 0 Å². The van der Waals surface area contributed by atoms with Crippen LogP contribution in [0.1, 0.15) is 54.7 Å². The lowest BCUT2D eigenvalue weighted by Crippen LogP contribution is -2.40. The van der Waals surface area contributed by atoms with Crippen LogP contribution < -0.4 is 0 Å². The van der Waals surface area contributed by atoms with Gasteiger partial charge in [-0.05, 0) is 37.3 Å². The first-order valence-corrected chi connectivity index (χ1v) is 11.4. The fourth-order valence-electron chi connectivity index (χ4n) is 3.99. The highest BCUT2D eigenvalue weighted by Gasteiger charge is 2.33. The maximum absolute atomic E-state index is 13.1. The molecule has 0 spiro atoms. The summed E-state index contributed by atoms with van der Waals surface area (Å²) < 4.78 is 27.9. The summed E-state index contributed by atoms with van der Waals surface area (Å²) in [4.78, 5) is 9.03. The highest BCUT2D eigenvalue weighted by atomic mass is 32.2. The summed E-state index contributed by atoms with van der Waals surface area (Å²) in [5.74, 6) is 2.25. The van der Waals surface area contributed by atoms with E-state index in [0.717, 1.165) is 41.0 Å². The van der Waals surface area contributed by atoms with E-state index in [0.29, 0.717) is 19.0 Å². The second-order valence-corrected chi connectivity index (χ2v) is 9.77.